The van der Waals surface area contributed by atoms with Crippen LogP contribution < -0.4 is 15.2 Å². The van der Waals surface area contributed by atoms with Crippen LogP contribution in [0.4, 0.5) is 0 Å². The van der Waals surface area contributed by atoms with Gasteiger partial charge in [0.1, 0.15) is 0 Å². The molecular weight excluding hydrogens is 268 g/mol. The van der Waals surface area contributed by atoms with Crippen LogP contribution in [0.1, 0.15) is 18.9 Å². The zero-order valence-electron chi connectivity index (χ0n) is 12.6. The molecule has 5 nitrogen and oxygen atoms in total. The van der Waals surface area contributed by atoms with E-state index in [2.05, 4.69) is 24.0 Å². The molecule has 1 unspecified atom stereocenters. The second-order valence-corrected chi connectivity index (χ2v) is 5.99. The molecule has 1 saturated heterocycles. The topological polar surface area (TPSA) is 57.0 Å². The van der Waals surface area contributed by atoms with Crippen LogP contribution in [0.2, 0.25) is 0 Å². The molecule has 2 N–H and O–H groups in total. The zero-order valence-corrected chi connectivity index (χ0v) is 12.6. The lowest BCUT2D eigenvalue weighted by atomic mass is 9.91. The Kier molecular flexibility index (Phi) is 4.33. The molecule has 1 aromatic carbocycles. The van der Waals surface area contributed by atoms with Crippen molar-refractivity contribution in [3.8, 4) is 11.5 Å². The van der Waals surface area contributed by atoms with Crippen LogP contribution in [-0.4, -0.2) is 50.1 Å². The van der Waals surface area contributed by atoms with Crippen LogP contribution in [-0.2, 0) is 11.2 Å². The van der Waals surface area contributed by atoms with E-state index in [0.29, 0.717) is 13.3 Å². The molecule has 3 rings (SSSR count). The molecule has 0 saturated carbocycles. The van der Waals surface area contributed by atoms with Crippen molar-refractivity contribution < 1.29 is 14.2 Å². The molecule has 1 aromatic rings. The number of nitrogens with two attached hydrogens (primary N) is 1. The number of fused-ring (bicyclic) bond motifs is 1. The molecule has 2 heterocycles. The molecule has 21 heavy (non-hydrogen) atoms. The Balaban J connectivity index is 1.64. The fourth-order valence-corrected chi connectivity index (χ4v) is 3.00. The van der Waals surface area contributed by atoms with E-state index in [1.807, 2.05) is 6.07 Å². The number of morpholine rings is 1. The first-order chi connectivity index (χ1) is 10.2. The number of rotatable bonds is 5. The van der Waals surface area contributed by atoms with Gasteiger partial charge in [-0.2, -0.15) is 0 Å². The Morgan fingerprint density at radius 2 is 1.95 bits per heavy atom. The fraction of sp³-hybridized carbons (Fsp3) is 0.625. The molecule has 0 amide bonds. The van der Waals surface area contributed by atoms with Crippen molar-refractivity contribution in [2.24, 2.45) is 5.73 Å². The average molecular weight is 292 g/mol. The summed E-state index contributed by atoms with van der Waals surface area (Å²) in [4.78, 5) is 2.46. The highest BCUT2D eigenvalue weighted by atomic mass is 16.7. The molecule has 1 atom stereocenters. The number of nitrogens with zero attached hydrogens (tertiary/aromatic N) is 1. The SMILES string of the molecule is CC(CN)(CCc1ccc2c(c1)OCO2)N1CCOCC1. The van der Waals surface area contributed by atoms with Gasteiger partial charge in [-0.05, 0) is 37.5 Å². The van der Waals surface area contributed by atoms with Gasteiger partial charge in [0.05, 0.1) is 13.2 Å². The molecule has 0 aromatic heterocycles. The number of ether oxygens (including phenoxy) is 3. The maximum Gasteiger partial charge on any atom is 0.231 e. The number of hydrogen-bond acceptors (Lipinski definition) is 5. The van der Waals surface area contributed by atoms with Crippen LogP contribution in [0.15, 0.2) is 18.2 Å². The van der Waals surface area contributed by atoms with E-state index < -0.39 is 0 Å². The summed E-state index contributed by atoms with van der Waals surface area (Å²) in [7, 11) is 0. The van der Waals surface area contributed by atoms with Gasteiger partial charge in [-0.3, -0.25) is 4.90 Å². The van der Waals surface area contributed by atoms with Gasteiger partial charge < -0.3 is 19.9 Å². The maximum atomic E-state index is 6.07. The van der Waals surface area contributed by atoms with E-state index in [1.165, 1.54) is 5.56 Å². The minimum absolute atomic E-state index is 0.0279. The van der Waals surface area contributed by atoms with E-state index in [4.69, 9.17) is 19.9 Å². The minimum Gasteiger partial charge on any atom is -0.454 e. The lowest BCUT2D eigenvalue weighted by Crippen LogP contribution is -2.55. The largest absolute Gasteiger partial charge is 0.454 e. The molecular formula is C16H24N2O3. The second kappa shape index (κ2) is 6.22. The number of aryl methyl sites for hydroxylation is 1. The van der Waals surface area contributed by atoms with Gasteiger partial charge in [0.25, 0.3) is 0 Å². The van der Waals surface area contributed by atoms with E-state index in [1.54, 1.807) is 0 Å². The quantitative estimate of drug-likeness (QED) is 0.889. The summed E-state index contributed by atoms with van der Waals surface area (Å²) in [6, 6.07) is 6.19. The summed E-state index contributed by atoms with van der Waals surface area (Å²) < 4.78 is 16.2. The van der Waals surface area contributed by atoms with Gasteiger partial charge in [-0.1, -0.05) is 6.07 Å². The average Bonchev–Trinajstić information content (AvgIpc) is 3.01. The lowest BCUT2D eigenvalue weighted by molar-refractivity contribution is -0.0160. The summed E-state index contributed by atoms with van der Waals surface area (Å²) >= 11 is 0. The Hall–Kier alpha value is -1.30. The highest BCUT2D eigenvalue weighted by Crippen LogP contribution is 2.33. The van der Waals surface area contributed by atoms with Crippen LogP contribution in [0, 0.1) is 0 Å². The van der Waals surface area contributed by atoms with E-state index in [9.17, 15) is 0 Å². The summed E-state index contributed by atoms with van der Waals surface area (Å²) in [5.74, 6) is 1.70. The minimum atomic E-state index is 0.0279. The predicted octanol–water partition coefficient (Wildman–Crippen LogP) is 1.40. The Morgan fingerprint density at radius 1 is 1.19 bits per heavy atom. The summed E-state index contributed by atoms with van der Waals surface area (Å²) in [5, 5.41) is 0. The molecule has 2 aliphatic rings. The highest BCUT2D eigenvalue weighted by Gasteiger charge is 2.31. The van der Waals surface area contributed by atoms with Crippen molar-refractivity contribution in [3.05, 3.63) is 23.8 Å². The molecule has 116 valence electrons. The van der Waals surface area contributed by atoms with Crippen LogP contribution >= 0.6 is 0 Å². The summed E-state index contributed by atoms with van der Waals surface area (Å²) in [6.07, 6.45) is 2.02. The van der Waals surface area contributed by atoms with Gasteiger partial charge in [-0.15, -0.1) is 0 Å². The fourth-order valence-electron chi connectivity index (χ4n) is 3.00. The van der Waals surface area contributed by atoms with Crippen LogP contribution in [0.3, 0.4) is 0 Å². The van der Waals surface area contributed by atoms with Crippen LogP contribution in [0.25, 0.3) is 0 Å². The van der Waals surface area contributed by atoms with Crippen LogP contribution in [0.5, 0.6) is 11.5 Å². The highest BCUT2D eigenvalue weighted by molar-refractivity contribution is 5.44. The molecule has 0 aliphatic carbocycles. The third kappa shape index (κ3) is 3.15. The monoisotopic (exact) mass is 292 g/mol. The van der Waals surface area contributed by atoms with Crippen molar-refractivity contribution in [2.45, 2.75) is 25.3 Å². The Bertz CT molecular complexity index is 488. The lowest BCUT2D eigenvalue weighted by Gasteiger charge is -2.43. The second-order valence-electron chi connectivity index (χ2n) is 5.99. The van der Waals surface area contributed by atoms with E-state index in [0.717, 1.165) is 50.6 Å². The first-order valence-corrected chi connectivity index (χ1v) is 7.63. The smallest absolute Gasteiger partial charge is 0.231 e. The first-order valence-electron chi connectivity index (χ1n) is 7.63. The van der Waals surface area contributed by atoms with E-state index >= 15 is 0 Å². The van der Waals surface area contributed by atoms with Gasteiger partial charge in [0, 0.05) is 25.2 Å². The van der Waals surface area contributed by atoms with Crippen molar-refractivity contribution in [1.29, 1.82) is 0 Å². The van der Waals surface area contributed by atoms with Crippen molar-refractivity contribution >= 4 is 0 Å². The van der Waals surface area contributed by atoms with Gasteiger partial charge >= 0.3 is 0 Å². The molecule has 5 heteroatoms. The molecule has 1 fully saturated rings. The van der Waals surface area contributed by atoms with Crippen molar-refractivity contribution in [3.63, 3.8) is 0 Å². The first kappa shape index (κ1) is 14.6. The molecule has 2 aliphatic heterocycles. The Labute approximate surface area is 126 Å². The van der Waals surface area contributed by atoms with Gasteiger partial charge in [0.2, 0.25) is 6.79 Å². The van der Waals surface area contributed by atoms with Crippen molar-refractivity contribution in [2.75, 3.05) is 39.6 Å². The Morgan fingerprint density at radius 3 is 2.71 bits per heavy atom. The molecule has 0 spiro atoms. The summed E-state index contributed by atoms with van der Waals surface area (Å²) in [6.45, 7) is 6.79. The van der Waals surface area contributed by atoms with Crippen molar-refractivity contribution in [1.82, 2.24) is 4.90 Å². The van der Waals surface area contributed by atoms with Gasteiger partial charge in [0.15, 0.2) is 11.5 Å². The maximum absolute atomic E-state index is 6.07. The zero-order chi connectivity index (χ0) is 14.7. The van der Waals surface area contributed by atoms with Gasteiger partial charge in [-0.25, -0.2) is 0 Å². The molecule has 0 radical (unpaired) electrons. The standard InChI is InChI=1S/C16H24N2O3/c1-16(11-17,18-6-8-19-9-7-18)5-4-13-2-3-14-15(10-13)21-12-20-14/h2-3,10H,4-9,11-12,17H2,1H3. The summed E-state index contributed by atoms with van der Waals surface area (Å²) in [5.41, 5.74) is 7.36. The third-order valence-corrected chi connectivity index (χ3v) is 4.60. The van der Waals surface area contributed by atoms with E-state index in [-0.39, 0.29) is 5.54 Å². The third-order valence-electron chi connectivity index (χ3n) is 4.60. The molecule has 0 bridgehead atoms. The number of benzene rings is 1. The predicted molar refractivity (Wildman–Crippen MR) is 80.7 cm³/mol. The number of hydrogen-bond donors (Lipinski definition) is 1. The normalized spacial score (nSPS) is 21.2.